The predicted octanol–water partition coefficient (Wildman–Crippen LogP) is 4.58. The standard InChI is InChI=1S/C42H57N7O7/c1-10-27-21(2)30-18-35-38(25(6)51)23(4)32(46-35)16-31-22(3)28(11-12-36(53)44-19-26(52)20-50)40(47-31)29(15-37(54)56-9)41-39(42(55)43-13-14-49(7)8)24(5)33(48-41)17-34(27)45-30/h16-18,21-22,26-28,46,48,50,52H,10-15,19-20H2,1-9H3,(H,43,55)(H,44,53)/t21-,22+,26?,27-,28+/m1/s1. The number of aliphatic hydroxyl groups excluding tert-OH is 2. The maximum Gasteiger partial charge on any atom is 0.310 e. The summed E-state index contributed by atoms with van der Waals surface area (Å²) >= 11 is 0. The molecule has 2 aliphatic heterocycles. The van der Waals surface area contributed by atoms with E-state index in [0.29, 0.717) is 75.2 Å². The molecule has 2 amide bonds. The Bertz CT molecular complexity index is 2150. The lowest BCUT2D eigenvalue weighted by molar-refractivity contribution is -0.139. The van der Waals surface area contributed by atoms with Gasteiger partial charge in [-0.05, 0) is 77.0 Å². The van der Waals surface area contributed by atoms with Crippen LogP contribution < -0.4 is 10.6 Å². The number of aromatic amines is 2. The minimum atomic E-state index is -1.09. The lowest BCUT2D eigenvalue weighted by atomic mass is 9.85. The van der Waals surface area contributed by atoms with Gasteiger partial charge in [-0.3, -0.25) is 29.1 Å². The molecule has 2 aliphatic rings. The van der Waals surface area contributed by atoms with Crippen molar-refractivity contribution in [2.45, 2.75) is 97.0 Å². The number of aryl methyl sites for hydroxylation is 2. The molecule has 14 heteroatoms. The zero-order valence-corrected chi connectivity index (χ0v) is 34.1. The predicted molar refractivity (Wildman–Crippen MR) is 215 cm³/mol. The van der Waals surface area contributed by atoms with Crippen molar-refractivity contribution in [3.05, 3.63) is 68.8 Å². The fraction of sp³-hybridized carbons (Fsp3) is 0.524. The highest BCUT2D eigenvalue weighted by molar-refractivity contribution is 6.06. The molecule has 0 aromatic carbocycles. The number of esters is 1. The molecule has 56 heavy (non-hydrogen) atoms. The van der Waals surface area contributed by atoms with Crippen molar-refractivity contribution in [3.63, 3.8) is 0 Å². The third-order valence-electron chi connectivity index (χ3n) is 11.3. The molecule has 0 aliphatic carbocycles. The number of aromatic nitrogens is 4. The van der Waals surface area contributed by atoms with Crippen LogP contribution in [0.4, 0.5) is 0 Å². The van der Waals surface area contributed by atoms with Crippen molar-refractivity contribution >= 4 is 45.6 Å². The first-order valence-corrected chi connectivity index (χ1v) is 19.4. The number of likely N-dealkylation sites (N-methyl/N-ethyl adjacent to an activating group) is 1. The van der Waals surface area contributed by atoms with Crippen molar-refractivity contribution in [2.75, 3.05) is 47.4 Å². The average Bonchev–Trinajstić information content (AvgIpc) is 3.84. The first-order valence-electron chi connectivity index (χ1n) is 19.4. The summed E-state index contributed by atoms with van der Waals surface area (Å²) in [6, 6.07) is 5.86. The summed E-state index contributed by atoms with van der Waals surface area (Å²) in [5.74, 6) is -1.78. The van der Waals surface area contributed by atoms with E-state index in [1.54, 1.807) is 6.92 Å². The molecule has 14 nitrogen and oxygen atoms in total. The normalized spacial score (nSPS) is 18.5. The van der Waals surface area contributed by atoms with Crippen LogP contribution in [0.3, 0.4) is 0 Å². The quantitative estimate of drug-likeness (QED) is 0.0996. The van der Waals surface area contributed by atoms with E-state index in [2.05, 4.69) is 34.4 Å². The molecule has 1 unspecified atom stereocenters. The average molecular weight is 772 g/mol. The van der Waals surface area contributed by atoms with Crippen molar-refractivity contribution in [1.82, 2.24) is 35.5 Å². The number of aliphatic hydroxyl groups is 2. The molecule has 0 fully saturated rings. The third-order valence-corrected chi connectivity index (χ3v) is 11.3. The summed E-state index contributed by atoms with van der Waals surface area (Å²) in [6.45, 7) is 12.0. The molecule has 3 aromatic heterocycles. The number of nitrogens with one attached hydrogen (secondary N) is 4. The van der Waals surface area contributed by atoms with Crippen LogP contribution in [0.5, 0.6) is 0 Å². The lowest BCUT2D eigenvalue weighted by Crippen LogP contribution is -2.34. The number of ketones is 1. The van der Waals surface area contributed by atoms with E-state index in [0.717, 1.165) is 23.4 Å². The fourth-order valence-electron chi connectivity index (χ4n) is 8.00. The van der Waals surface area contributed by atoms with Crippen LogP contribution in [-0.4, -0.2) is 112 Å². The first kappa shape index (κ1) is 42.2. The van der Waals surface area contributed by atoms with Gasteiger partial charge in [0.2, 0.25) is 5.91 Å². The number of fused-ring (bicyclic) bond motifs is 8. The molecule has 0 radical (unpaired) electrons. The summed E-state index contributed by atoms with van der Waals surface area (Å²) in [5, 5.41) is 24.8. The summed E-state index contributed by atoms with van der Waals surface area (Å²) in [4.78, 5) is 73.1. The van der Waals surface area contributed by atoms with Crippen LogP contribution in [0.15, 0.2) is 18.2 Å². The molecule has 6 N–H and O–H groups in total. The summed E-state index contributed by atoms with van der Waals surface area (Å²) in [6.07, 6.45) is -0.102. The molecular formula is C42H57N7O7. The van der Waals surface area contributed by atoms with Crippen LogP contribution in [-0.2, 0) is 20.7 Å². The lowest BCUT2D eigenvalue weighted by Gasteiger charge is -2.18. The number of methoxy groups -OCH3 is 1. The van der Waals surface area contributed by atoms with Crippen LogP contribution in [0.25, 0.3) is 22.1 Å². The topological polar surface area (TPSA) is 203 Å². The number of H-pyrrole nitrogens is 2. The maximum atomic E-state index is 14.2. The Hall–Kier alpha value is -4.92. The Labute approximate surface area is 327 Å². The zero-order valence-electron chi connectivity index (χ0n) is 34.1. The minimum Gasteiger partial charge on any atom is -0.469 e. The van der Waals surface area contributed by atoms with Crippen molar-refractivity contribution in [1.29, 1.82) is 0 Å². The van der Waals surface area contributed by atoms with Crippen molar-refractivity contribution < 1.29 is 34.1 Å². The van der Waals surface area contributed by atoms with E-state index >= 15 is 0 Å². The molecular weight excluding hydrogens is 715 g/mol. The molecule has 0 spiro atoms. The van der Waals surface area contributed by atoms with E-state index in [1.165, 1.54) is 7.11 Å². The van der Waals surface area contributed by atoms with E-state index in [4.69, 9.17) is 14.7 Å². The number of carbonyl (C=O) groups excluding carboxylic acids is 4. The molecule has 5 heterocycles. The number of hydrogen-bond donors (Lipinski definition) is 6. The number of Topliss-reactive ketones (excluding diaryl/α,β-unsaturated/α-hetero) is 1. The number of nitrogens with zero attached hydrogens (tertiary/aromatic N) is 3. The van der Waals surface area contributed by atoms with Crippen LogP contribution >= 0.6 is 0 Å². The van der Waals surface area contributed by atoms with Gasteiger partial charge in [-0.2, -0.15) is 0 Å². The third kappa shape index (κ3) is 8.87. The van der Waals surface area contributed by atoms with Gasteiger partial charge in [0, 0.05) is 89.0 Å². The Morgan fingerprint density at radius 1 is 0.911 bits per heavy atom. The molecule has 5 rings (SSSR count). The van der Waals surface area contributed by atoms with Gasteiger partial charge < -0.3 is 40.5 Å². The second kappa shape index (κ2) is 17.9. The van der Waals surface area contributed by atoms with Crippen LogP contribution in [0.1, 0.15) is 131 Å². The zero-order chi connectivity index (χ0) is 41.0. The molecule has 0 saturated carbocycles. The second-order valence-corrected chi connectivity index (χ2v) is 15.4. The number of rotatable bonds is 14. The van der Waals surface area contributed by atoms with E-state index < -0.39 is 18.7 Å². The van der Waals surface area contributed by atoms with E-state index in [-0.39, 0.29) is 60.7 Å². The summed E-state index contributed by atoms with van der Waals surface area (Å²) < 4.78 is 5.22. The van der Waals surface area contributed by atoms with E-state index in [1.807, 2.05) is 58.0 Å². The van der Waals surface area contributed by atoms with Gasteiger partial charge in [0.05, 0.1) is 48.5 Å². The largest absolute Gasteiger partial charge is 0.469 e. The molecule has 5 atom stereocenters. The number of amides is 2. The van der Waals surface area contributed by atoms with Crippen molar-refractivity contribution in [2.24, 2.45) is 0 Å². The number of hydrogen-bond acceptors (Lipinski definition) is 10. The van der Waals surface area contributed by atoms with Gasteiger partial charge >= 0.3 is 5.97 Å². The highest BCUT2D eigenvalue weighted by Gasteiger charge is 2.34. The second-order valence-electron chi connectivity index (χ2n) is 15.4. The Kier molecular flexibility index (Phi) is 13.5. The molecule has 3 aromatic rings. The van der Waals surface area contributed by atoms with Gasteiger partial charge in [-0.1, -0.05) is 20.8 Å². The molecule has 302 valence electrons. The van der Waals surface area contributed by atoms with Gasteiger partial charge in [0.15, 0.2) is 5.78 Å². The van der Waals surface area contributed by atoms with Crippen molar-refractivity contribution in [3.8, 4) is 0 Å². The van der Waals surface area contributed by atoms with Gasteiger partial charge in [0.1, 0.15) is 0 Å². The van der Waals surface area contributed by atoms with Gasteiger partial charge in [-0.25, -0.2) is 0 Å². The maximum absolute atomic E-state index is 14.2. The summed E-state index contributed by atoms with van der Waals surface area (Å²) in [5.41, 5.74) is 8.23. The number of carbonyl (C=O) groups is 4. The summed E-state index contributed by atoms with van der Waals surface area (Å²) in [7, 11) is 5.17. The van der Waals surface area contributed by atoms with Crippen LogP contribution in [0.2, 0.25) is 0 Å². The Balaban J connectivity index is 1.90. The first-order chi connectivity index (χ1) is 26.6. The van der Waals surface area contributed by atoms with Crippen LogP contribution in [0, 0.1) is 13.8 Å². The SMILES string of the molecule is CC[C@H]1c2cc3[nH]c(c(CC(=O)OC)c4nc(cc5[nH]c(cc(n2)[C@@H]1C)c(C(C)=O)c5C)[C@@H](C)[C@@H]4CCC(=O)NCC(O)CO)c(C(=O)NCCN(C)C)c3C. The highest BCUT2D eigenvalue weighted by atomic mass is 16.5. The van der Waals surface area contributed by atoms with Gasteiger partial charge in [-0.15, -0.1) is 0 Å². The van der Waals surface area contributed by atoms with Gasteiger partial charge in [0.25, 0.3) is 5.91 Å². The Morgan fingerprint density at radius 2 is 1.54 bits per heavy atom. The minimum absolute atomic E-state index is 0.0450. The smallest absolute Gasteiger partial charge is 0.310 e. The fourth-order valence-corrected chi connectivity index (χ4v) is 8.00. The molecule has 0 saturated heterocycles. The number of ether oxygens (including phenoxy) is 1. The monoisotopic (exact) mass is 771 g/mol. The van der Waals surface area contributed by atoms with E-state index in [9.17, 15) is 29.4 Å². The molecule has 8 bridgehead atoms. The Morgan fingerprint density at radius 3 is 2.18 bits per heavy atom. The highest BCUT2D eigenvalue weighted by Crippen LogP contribution is 2.43.